The third kappa shape index (κ3) is 4.45. The van der Waals surface area contributed by atoms with Gasteiger partial charge >= 0.3 is 48.9 Å². The Hall–Kier alpha value is 0.431. The Balaban J connectivity index is 0. The fourth-order valence-electron chi connectivity index (χ4n) is 0.645. The van der Waals surface area contributed by atoms with Gasteiger partial charge in [0.25, 0.3) is 0 Å². The molecular formula is C6H9BaNO5. The van der Waals surface area contributed by atoms with Crippen LogP contribution in [0.2, 0.25) is 0 Å². The van der Waals surface area contributed by atoms with Crippen molar-refractivity contribution in [2.24, 2.45) is 5.73 Å². The first-order valence-corrected chi connectivity index (χ1v) is 3.30. The molecular weight excluding hydrogens is 303 g/mol. The smallest absolute Gasteiger partial charge is 0.547 e. The Bertz CT molecular complexity index is 181. The Morgan fingerprint density at radius 2 is 1.69 bits per heavy atom. The van der Waals surface area contributed by atoms with Gasteiger partial charge in [-0.15, -0.1) is 0 Å². The van der Waals surface area contributed by atoms with Gasteiger partial charge in [0.1, 0.15) is 5.60 Å². The molecule has 0 unspecified atom stereocenters. The molecule has 0 aliphatic carbocycles. The molecule has 0 aromatic rings. The molecule has 7 heteroatoms. The van der Waals surface area contributed by atoms with Crippen LogP contribution in [0.4, 0.5) is 0 Å². The maximum Gasteiger partial charge on any atom is 2.00 e. The van der Waals surface area contributed by atoms with Gasteiger partial charge in [0.15, 0.2) is 0 Å². The quantitative estimate of drug-likeness (QED) is 0.390. The molecule has 3 N–H and O–H groups in total. The zero-order valence-electron chi connectivity index (χ0n) is 6.99. The van der Waals surface area contributed by atoms with Gasteiger partial charge in [-0.1, -0.05) is 0 Å². The summed E-state index contributed by atoms with van der Waals surface area (Å²) in [6.45, 7) is 0.0862. The van der Waals surface area contributed by atoms with Crippen LogP contribution >= 0.6 is 0 Å². The number of rotatable bonds is 5. The van der Waals surface area contributed by atoms with Gasteiger partial charge in [-0.05, 0) is 19.4 Å². The summed E-state index contributed by atoms with van der Waals surface area (Å²) in [6, 6.07) is 0. The normalized spacial score (nSPS) is 10.3. The summed E-state index contributed by atoms with van der Waals surface area (Å²) in [4.78, 5) is 20.3. The van der Waals surface area contributed by atoms with Crippen LogP contribution in [0.25, 0.3) is 0 Å². The summed E-state index contributed by atoms with van der Waals surface area (Å²) in [5.74, 6) is -4.15. The molecule has 0 aliphatic rings. The monoisotopic (exact) mass is 313 g/mol. The second-order valence-electron chi connectivity index (χ2n) is 2.33. The molecule has 0 rings (SSSR count). The van der Waals surface area contributed by atoms with Crippen molar-refractivity contribution in [1.82, 2.24) is 0 Å². The van der Waals surface area contributed by atoms with Crippen LogP contribution < -0.4 is 15.9 Å². The van der Waals surface area contributed by atoms with Crippen molar-refractivity contribution in [3.8, 4) is 0 Å². The number of nitrogens with two attached hydrogens (primary N) is 1. The topological polar surface area (TPSA) is 127 Å². The van der Waals surface area contributed by atoms with Crippen LogP contribution in [0.1, 0.15) is 12.8 Å². The minimum Gasteiger partial charge on any atom is -0.547 e. The van der Waals surface area contributed by atoms with E-state index in [-0.39, 0.29) is 61.8 Å². The fourth-order valence-corrected chi connectivity index (χ4v) is 0.645. The number of carboxylic acids is 2. The maximum absolute atomic E-state index is 10.1. The van der Waals surface area contributed by atoms with Crippen LogP contribution in [0.5, 0.6) is 0 Å². The van der Waals surface area contributed by atoms with E-state index in [1.807, 2.05) is 0 Å². The number of aliphatic carboxylic acids is 2. The Morgan fingerprint density at radius 1 is 1.31 bits per heavy atom. The minimum atomic E-state index is -2.92. The number of carboxylic acid groups (broad SMARTS) is 2. The predicted octanol–water partition coefficient (Wildman–Crippen LogP) is -4.42. The van der Waals surface area contributed by atoms with E-state index in [0.29, 0.717) is 0 Å². The first-order valence-electron chi connectivity index (χ1n) is 3.30. The van der Waals surface area contributed by atoms with Gasteiger partial charge in [0.05, 0.1) is 11.9 Å². The van der Waals surface area contributed by atoms with Gasteiger partial charge in [-0.3, -0.25) is 0 Å². The predicted molar refractivity (Wildman–Crippen MR) is 39.0 cm³/mol. The van der Waals surface area contributed by atoms with Gasteiger partial charge in [-0.2, -0.15) is 0 Å². The molecule has 0 fully saturated rings. The van der Waals surface area contributed by atoms with Crippen LogP contribution in [-0.2, 0) is 9.59 Å². The molecule has 70 valence electrons. The molecule has 0 heterocycles. The molecule has 0 bridgehead atoms. The molecule has 0 aromatic carbocycles. The summed E-state index contributed by atoms with van der Waals surface area (Å²) < 4.78 is 0. The third-order valence-electron chi connectivity index (χ3n) is 1.42. The van der Waals surface area contributed by atoms with E-state index in [9.17, 15) is 19.8 Å². The molecule has 0 radical (unpaired) electrons. The molecule has 0 spiro atoms. The summed E-state index contributed by atoms with van der Waals surface area (Å²) in [5.41, 5.74) is 2.08. The van der Waals surface area contributed by atoms with Crippen molar-refractivity contribution < 1.29 is 24.9 Å². The molecule has 6 nitrogen and oxygen atoms in total. The molecule has 0 aliphatic heterocycles. The fraction of sp³-hybridized carbons (Fsp3) is 0.667. The first kappa shape index (κ1) is 15.9. The molecule has 0 atom stereocenters. The molecule has 0 aromatic heterocycles. The molecule has 0 saturated carbocycles. The van der Waals surface area contributed by atoms with Gasteiger partial charge < -0.3 is 30.6 Å². The van der Waals surface area contributed by atoms with Crippen LogP contribution in [0.3, 0.4) is 0 Å². The van der Waals surface area contributed by atoms with Crippen molar-refractivity contribution in [3.05, 3.63) is 0 Å². The number of carbonyl (C=O) groups excluding carboxylic acids is 2. The number of aliphatic hydroxyl groups is 1. The largest absolute Gasteiger partial charge is 2.00 e. The molecule has 0 saturated heterocycles. The van der Waals surface area contributed by atoms with Crippen LogP contribution in [0.15, 0.2) is 0 Å². The second kappa shape index (κ2) is 6.82. The average molecular weight is 312 g/mol. The maximum atomic E-state index is 10.1. The van der Waals surface area contributed by atoms with Crippen LogP contribution in [-0.4, -0.2) is 78.1 Å². The Kier molecular flexibility index (Phi) is 8.34. The first-order chi connectivity index (χ1) is 5.45. The van der Waals surface area contributed by atoms with Crippen LogP contribution in [0, 0.1) is 0 Å². The number of hydrogen-bond acceptors (Lipinski definition) is 6. The standard InChI is InChI=1S/C6H11NO5.Ba/c7-3-1-2-6(12,4(8)9)5(10)11;/h12H,1-3,7H2,(H,8,9)(H,10,11);/q;+2/p-2. The van der Waals surface area contributed by atoms with Crippen molar-refractivity contribution in [3.63, 3.8) is 0 Å². The summed E-state index contributed by atoms with van der Waals surface area (Å²) in [5, 5.41) is 29.2. The summed E-state index contributed by atoms with van der Waals surface area (Å²) in [6.07, 6.45) is -0.438. The van der Waals surface area contributed by atoms with E-state index in [1.54, 1.807) is 0 Å². The van der Waals surface area contributed by atoms with Crippen molar-refractivity contribution in [1.29, 1.82) is 0 Å². The molecule has 13 heavy (non-hydrogen) atoms. The van der Waals surface area contributed by atoms with E-state index in [0.717, 1.165) is 0 Å². The van der Waals surface area contributed by atoms with E-state index in [1.165, 1.54) is 0 Å². The van der Waals surface area contributed by atoms with Gasteiger partial charge in [-0.25, -0.2) is 0 Å². The zero-order valence-corrected chi connectivity index (χ0v) is 11.4. The van der Waals surface area contributed by atoms with Crippen molar-refractivity contribution in [2.45, 2.75) is 18.4 Å². The van der Waals surface area contributed by atoms with Crippen molar-refractivity contribution in [2.75, 3.05) is 6.54 Å². The third-order valence-corrected chi connectivity index (χ3v) is 1.42. The van der Waals surface area contributed by atoms with Gasteiger partial charge in [0.2, 0.25) is 0 Å². The Labute approximate surface area is 115 Å². The second-order valence-corrected chi connectivity index (χ2v) is 2.33. The van der Waals surface area contributed by atoms with E-state index in [4.69, 9.17) is 10.8 Å². The minimum absolute atomic E-state index is 0. The van der Waals surface area contributed by atoms with E-state index < -0.39 is 24.0 Å². The SMILES string of the molecule is NCCCC(O)(C(=O)[O-])C(=O)[O-].[Ba+2]. The summed E-state index contributed by atoms with van der Waals surface area (Å²) >= 11 is 0. The van der Waals surface area contributed by atoms with E-state index in [2.05, 4.69) is 0 Å². The Morgan fingerprint density at radius 3 is 1.92 bits per heavy atom. The number of carbonyl (C=O) groups is 2. The average Bonchev–Trinajstić information content (AvgIpc) is 1.99. The number of hydrogen-bond donors (Lipinski definition) is 2. The van der Waals surface area contributed by atoms with Gasteiger partial charge in [0, 0.05) is 0 Å². The van der Waals surface area contributed by atoms with E-state index >= 15 is 0 Å². The zero-order chi connectivity index (χ0) is 9.78. The summed E-state index contributed by atoms with van der Waals surface area (Å²) in [7, 11) is 0. The van der Waals surface area contributed by atoms with Crippen molar-refractivity contribution >= 4 is 60.8 Å². The molecule has 0 amide bonds.